The Balaban J connectivity index is 1.76. The van der Waals surface area contributed by atoms with Gasteiger partial charge in [-0.25, -0.2) is 0 Å². The van der Waals surface area contributed by atoms with E-state index in [4.69, 9.17) is 4.74 Å². The normalized spacial score (nSPS) is 28.3. The van der Waals surface area contributed by atoms with Crippen molar-refractivity contribution in [1.29, 1.82) is 0 Å². The molecule has 0 aromatic rings. The molecule has 0 aliphatic carbocycles. The quantitative estimate of drug-likeness (QED) is 0.712. The van der Waals surface area contributed by atoms with E-state index in [-0.39, 0.29) is 0 Å². The van der Waals surface area contributed by atoms with Crippen LogP contribution < -0.4 is 0 Å². The maximum Gasteiger partial charge on any atom is 0.0594 e. The standard InChI is InChI=1S/C15H28N2O/c1-14(2)5-3-7-16-8-4-6-15(13-16)17-9-11-18-12-10-17/h3,5,14-15H,4,6-13H2,1-2H3. The monoisotopic (exact) mass is 252 g/mol. The summed E-state index contributed by atoms with van der Waals surface area (Å²) in [6, 6.07) is 0.759. The average molecular weight is 252 g/mol. The molecular weight excluding hydrogens is 224 g/mol. The third-order valence-corrected chi connectivity index (χ3v) is 3.93. The van der Waals surface area contributed by atoms with Gasteiger partial charge in [-0.3, -0.25) is 9.80 Å². The number of piperidine rings is 1. The lowest BCUT2D eigenvalue weighted by Crippen LogP contribution is -2.51. The van der Waals surface area contributed by atoms with Gasteiger partial charge in [0, 0.05) is 32.2 Å². The summed E-state index contributed by atoms with van der Waals surface area (Å²) < 4.78 is 5.44. The number of nitrogens with zero attached hydrogens (tertiary/aromatic N) is 2. The van der Waals surface area contributed by atoms with Crippen LogP contribution in [0.1, 0.15) is 26.7 Å². The van der Waals surface area contributed by atoms with Gasteiger partial charge in [-0.15, -0.1) is 0 Å². The Hall–Kier alpha value is -0.380. The van der Waals surface area contributed by atoms with E-state index < -0.39 is 0 Å². The summed E-state index contributed by atoms with van der Waals surface area (Å²) in [5, 5.41) is 0. The van der Waals surface area contributed by atoms with Gasteiger partial charge in [0.1, 0.15) is 0 Å². The van der Waals surface area contributed by atoms with Gasteiger partial charge < -0.3 is 4.74 Å². The molecule has 18 heavy (non-hydrogen) atoms. The Morgan fingerprint density at radius 1 is 1.22 bits per heavy atom. The zero-order valence-electron chi connectivity index (χ0n) is 12.0. The largest absolute Gasteiger partial charge is 0.379 e. The molecule has 2 fully saturated rings. The third-order valence-electron chi connectivity index (χ3n) is 3.93. The van der Waals surface area contributed by atoms with Crippen molar-refractivity contribution in [3.05, 3.63) is 12.2 Å². The Morgan fingerprint density at radius 2 is 2.00 bits per heavy atom. The van der Waals surface area contributed by atoms with E-state index in [1.54, 1.807) is 0 Å². The van der Waals surface area contributed by atoms with Crippen molar-refractivity contribution in [3.63, 3.8) is 0 Å². The van der Waals surface area contributed by atoms with Crippen molar-refractivity contribution in [2.75, 3.05) is 45.9 Å². The summed E-state index contributed by atoms with van der Waals surface area (Å²) in [6.07, 6.45) is 7.37. The molecule has 0 spiro atoms. The molecule has 0 aromatic carbocycles. The molecule has 2 rings (SSSR count). The van der Waals surface area contributed by atoms with Crippen molar-refractivity contribution in [1.82, 2.24) is 9.80 Å². The maximum atomic E-state index is 5.44. The fraction of sp³-hybridized carbons (Fsp3) is 0.867. The minimum absolute atomic E-state index is 0.671. The van der Waals surface area contributed by atoms with E-state index in [1.807, 2.05) is 0 Å². The summed E-state index contributed by atoms with van der Waals surface area (Å²) >= 11 is 0. The van der Waals surface area contributed by atoms with Gasteiger partial charge in [-0.2, -0.15) is 0 Å². The minimum atomic E-state index is 0.671. The predicted octanol–water partition coefficient (Wildman–Crippen LogP) is 2.00. The molecular formula is C15H28N2O. The summed E-state index contributed by atoms with van der Waals surface area (Å²) in [5.41, 5.74) is 0. The second kappa shape index (κ2) is 7.27. The molecule has 0 N–H and O–H groups in total. The number of likely N-dealkylation sites (tertiary alicyclic amines) is 1. The molecule has 3 heteroatoms. The van der Waals surface area contributed by atoms with Crippen LogP contribution in [-0.2, 0) is 4.74 Å². The van der Waals surface area contributed by atoms with Crippen LogP contribution in [0.2, 0.25) is 0 Å². The zero-order chi connectivity index (χ0) is 12.8. The lowest BCUT2D eigenvalue weighted by molar-refractivity contribution is -0.00120. The maximum absolute atomic E-state index is 5.44. The molecule has 2 aliphatic heterocycles. The van der Waals surface area contributed by atoms with Crippen LogP contribution in [0.15, 0.2) is 12.2 Å². The Kier molecular flexibility index (Phi) is 5.67. The van der Waals surface area contributed by atoms with Gasteiger partial charge >= 0.3 is 0 Å². The molecule has 1 atom stereocenters. The number of allylic oxidation sites excluding steroid dienone is 1. The van der Waals surface area contributed by atoms with E-state index in [9.17, 15) is 0 Å². The highest BCUT2D eigenvalue weighted by molar-refractivity contribution is 4.90. The number of morpholine rings is 1. The Morgan fingerprint density at radius 3 is 2.72 bits per heavy atom. The molecule has 2 aliphatic rings. The molecule has 0 amide bonds. The third kappa shape index (κ3) is 4.38. The molecule has 2 heterocycles. The highest BCUT2D eigenvalue weighted by atomic mass is 16.5. The zero-order valence-corrected chi connectivity index (χ0v) is 12.0. The molecule has 0 radical (unpaired) electrons. The van der Waals surface area contributed by atoms with Gasteiger partial charge in [0.25, 0.3) is 0 Å². The van der Waals surface area contributed by atoms with Crippen molar-refractivity contribution in [2.45, 2.75) is 32.7 Å². The van der Waals surface area contributed by atoms with E-state index in [2.05, 4.69) is 35.8 Å². The topological polar surface area (TPSA) is 15.7 Å². The van der Waals surface area contributed by atoms with Crippen molar-refractivity contribution in [2.24, 2.45) is 5.92 Å². The molecule has 0 aromatic heterocycles. The first-order chi connectivity index (χ1) is 8.75. The van der Waals surface area contributed by atoms with Crippen LogP contribution in [0.3, 0.4) is 0 Å². The SMILES string of the molecule is CC(C)C=CCN1CCCC(N2CCOCC2)C1. The molecule has 0 bridgehead atoms. The van der Waals surface area contributed by atoms with Gasteiger partial charge in [0.2, 0.25) is 0 Å². The number of rotatable bonds is 4. The molecule has 3 nitrogen and oxygen atoms in total. The molecule has 0 saturated carbocycles. The van der Waals surface area contributed by atoms with Gasteiger partial charge in [-0.1, -0.05) is 26.0 Å². The van der Waals surface area contributed by atoms with Crippen LogP contribution in [0, 0.1) is 5.92 Å². The minimum Gasteiger partial charge on any atom is -0.379 e. The predicted molar refractivity (Wildman–Crippen MR) is 75.8 cm³/mol. The molecule has 104 valence electrons. The lowest BCUT2D eigenvalue weighted by Gasteiger charge is -2.40. The van der Waals surface area contributed by atoms with Crippen LogP contribution in [-0.4, -0.2) is 61.8 Å². The van der Waals surface area contributed by atoms with Gasteiger partial charge in [0.05, 0.1) is 13.2 Å². The van der Waals surface area contributed by atoms with Crippen LogP contribution in [0.5, 0.6) is 0 Å². The van der Waals surface area contributed by atoms with Crippen molar-refractivity contribution < 1.29 is 4.74 Å². The fourth-order valence-electron chi connectivity index (χ4n) is 2.92. The Bertz CT molecular complexity index is 259. The summed E-state index contributed by atoms with van der Waals surface area (Å²) in [4.78, 5) is 5.23. The molecule has 1 unspecified atom stereocenters. The summed E-state index contributed by atoms with van der Waals surface area (Å²) in [5.74, 6) is 0.671. The molecule has 2 saturated heterocycles. The second-order valence-electron chi connectivity index (χ2n) is 5.88. The smallest absolute Gasteiger partial charge is 0.0594 e. The van der Waals surface area contributed by atoms with E-state index >= 15 is 0 Å². The first kappa shape index (κ1) is 14.0. The Labute approximate surface area is 112 Å². The van der Waals surface area contributed by atoms with Crippen molar-refractivity contribution in [3.8, 4) is 0 Å². The highest BCUT2D eigenvalue weighted by Gasteiger charge is 2.25. The van der Waals surface area contributed by atoms with E-state index in [0.29, 0.717) is 5.92 Å². The number of hydrogen-bond donors (Lipinski definition) is 0. The van der Waals surface area contributed by atoms with Crippen LogP contribution in [0.25, 0.3) is 0 Å². The average Bonchev–Trinajstić information content (AvgIpc) is 2.40. The number of ether oxygens (including phenoxy) is 1. The summed E-state index contributed by atoms with van der Waals surface area (Å²) in [7, 11) is 0. The van der Waals surface area contributed by atoms with Gasteiger partial charge in [0.15, 0.2) is 0 Å². The lowest BCUT2D eigenvalue weighted by atomic mass is 10.0. The van der Waals surface area contributed by atoms with Gasteiger partial charge in [-0.05, 0) is 25.3 Å². The summed E-state index contributed by atoms with van der Waals surface area (Å²) in [6.45, 7) is 12.2. The second-order valence-corrected chi connectivity index (χ2v) is 5.88. The highest BCUT2D eigenvalue weighted by Crippen LogP contribution is 2.17. The van der Waals surface area contributed by atoms with Crippen molar-refractivity contribution >= 4 is 0 Å². The van der Waals surface area contributed by atoms with Crippen LogP contribution in [0.4, 0.5) is 0 Å². The number of hydrogen-bond acceptors (Lipinski definition) is 3. The fourth-order valence-corrected chi connectivity index (χ4v) is 2.92. The van der Waals surface area contributed by atoms with E-state index in [1.165, 1.54) is 25.9 Å². The first-order valence-corrected chi connectivity index (χ1v) is 7.46. The van der Waals surface area contributed by atoms with E-state index in [0.717, 1.165) is 38.9 Å². The first-order valence-electron chi connectivity index (χ1n) is 7.46. The van der Waals surface area contributed by atoms with Crippen LogP contribution >= 0.6 is 0 Å².